The molecule has 86 valence electrons. The molecular formula is C8H16N4O2S. The molecule has 0 amide bonds. The number of sulfonamides is 1. The molecule has 15 heavy (non-hydrogen) atoms. The van der Waals surface area contributed by atoms with Crippen LogP contribution in [0.4, 0.5) is 0 Å². The van der Waals surface area contributed by atoms with Crippen molar-refractivity contribution in [3.05, 3.63) is 5.82 Å². The Morgan fingerprint density at radius 1 is 1.47 bits per heavy atom. The molecule has 0 saturated heterocycles. The molecule has 6 nitrogen and oxygen atoms in total. The number of aromatic nitrogens is 3. The maximum absolute atomic E-state index is 11.1. The van der Waals surface area contributed by atoms with E-state index in [1.165, 1.54) is 4.57 Å². The van der Waals surface area contributed by atoms with Crippen molar-refractivity contribution in [2.45, 2.75) is 37.8 Å². The first-order valence-electron chi connectivity index (χ1n) is 4.80. The minimum atomic E-state index is -3.77. The normalized spacial score (nSPS) is 14.1. The van der Waals surface area contributed by atoms with E-state index in [0.717, 1.165) is 12.8 Å². The van der Waals surface area contributed by atoms with Gasteiger partial charge in [-0.15, -0.1) is 10.2 Å². The molecule has 0 fully saturated rings. The van der Waals surface area contributed by atoms with Crippen molar-refractivity contribution in [2.24, 2.45) is 12.2 Å². The van der Waals surface area contributed by atoms with E-state index in [9.17, 15) is 8.42 Å². The van der Waals surface area contributed by atoms with Gasteiger partial charge in [0.1, 0.15) is 5.82 Å². The molecule has 0 radical (unpaired) electrons. The monoisotopic (exact) mass is 232 g/mol. The van der Waals surface area contributed by atoms with Crippen molar-refractivity contribution < 1.29 is 8.42 Å². The SMILES string of the molecule is CCCC(C)c1nnc(S(N)(=O)=O)n1C. The van der Waals surface area contributed by atoms with Gasteiger partial charge in [0.2, 0.25) is 0 Å². The third-order valence-electron chi connectivity index (χ3n) is 2.29. The summed E-state index contributed by atoms with van der Waals surface area (Å²) in [4.78, 5) is 0. The number of rotatable bonds is 4. The molecule has 1 aromatic heterocycles. The van der Waals surface area contributed by atoms with Crippen molar-refractivity contribution in [1.29, 1.82) is 0 Å². The molecule has 0 aromatic carbocycles. The van der Waals surface area contributed by atoms with Crippen LogP contribution in [0.2, 0.25) is 0 Å². The molecule has 7 heteroatoms. The molecule has 1 rings (SSSR count). The molecule has 0 aliphatic carbocycles. The fourth-order valence-corrected chi connectivity index (χ4v) is 2.20. The second kappa shape index (κ2) is 4.28. The van der Waals surface area contributed by atoms with E-state index in [4.69, 9.17) is 5.14 Å². The number of nitrogens with two attached hydrogens (primary N) is 1. The van der Waals surface area contributed by atoms with Gasteiger partial charge in [-0.1, -0.05) is 20.3 Å². The van der Waals surface area contributed by atoms with Crippen LogP contribution in [0.25, 0.3) is 0 Å². The summed E-state index contributed by atoms with van der Waals surface area (Å²) in [7, 11) is -2.16. The lowest BCUT2D eigenvalue weighted by Gasteiger charge is -2.08. The average Bonchev–Trinajstić information content (AvgIpc) is 2.46. The average molecular weight is 232 g/mol. The van der Waals surface area contributed by atoms with Crippen molar-refractivity contribution in [3.8, 4) is 0 Å². The quantitative estimate of drug-likeness (QED) is 0.811. The van der Waals surface area contributed by atoms with Crippen LogP contribution >= 0.6 is 0 Å². The summed E-state index contributed by atoms with van der Waals surface area (Å²) in [6.07, 6.45) is 1.95. The Bertz CT molecular complexity index is 437. The molecule has 2 N–H and O–H groups in total. The topological polar surface area (TPSA) is 90.9 Å². The van der Waals surface area contributed by atoms with Gasteiger partial charge in [0.15, 0.2) is 0 Å². The van der Waals surface area contributed by atoms with Crippen LogP contribution in [0, 0.1) is 0 Å². The van der Waals surface area contributed by atoms with Gasteiger partial charge >= 0.3 is 0 Å². The van der Waals surface area contributed by atoms with E-state index in [-0.39, 0.29) is 11.1 Å². The first-order chi connectivity index (χ1) is 6.88. The van der Waals surface area contributed by atoms with Gasteiger partial charge in [0.05, 0.1) is 0 Å². The van der Waals surface area contributed by atoms with Gasteiger partial charge < -0.3 is 4.57 Å². The molecule has 1 heterocycles. The Balaban J connectivity index is 3.10. The summed E-state index contributed by atoms with van der Waals surface area (Å²) in [5.74, 6) is 0.837. The summed E-state index contributed by atoms with van der Waals surface area (Å²) in [6.45, 7) is 4.05. The minimum absolute atomic E-state index is 0.180. The lowest BCUT2D eigenvalue weighted by molar-refractivity contribution is 0.565. The van der Waals surface area contributed by atoms with E-state index in [0.29, 0.717) is 5.82 Å². The fraction of sp³-hybridized carbons (Fsp3) is 0.750. The van der Waals surface area contributed by atoms with Gasteiger partial charge in [-0.05, 0) is 6.42 Å². The number of primary sulfonamides is 1. The van der Waals surface area contributed by atoms with Crippen LogP contribution in [0.15, 0.2) is 5.16 Å². The Hall–Kier alpha value is -0.950. The van der Waals surface area contributed by atoms with Gasteiger partial charge in [-0.3, -0.25) is 0 Å². The maximum atomic E-state index is 11.1. The first-order valence-corrected chi connectivity index (χ1v) is 6.34. The second-order valence-corrected chi connectivity index (χ2v) is 5.09. The molecule has 0 saturated carbocycles. The third-order valence-corrected chi connectivity index (χ3v) is 3.15. The second-order valence-electron chi connectivity index (χ2n) is 3.63. The largest absolute Gasteiger partial charge is 0.304 e. The molecule has 0 aliphatic heterocycles. The first kappa shape index (κ1) is 12.1. The Kier molecular flexibility index (Phi) is 3.46. The van der Waals surface area contributed by atoms with Gasteiger partial charge in [0, 0.05) is 13.0 Å². The van der Waals surface area contributed by atoms with Gasteiger partial charge in [-0.2, -0.15) is 0 Å². The van der Waals surface area contributed by atoms with E-state index in [1.54, 1.807) is 7.05 Å². The Labute approximate surface area is 89.5 Å². The van der Waals surface area contributed by atoms with E-state index in [2.05, 4.69) is 17.1 Å². The van der Waals surface area contributed by atoms with Crippen molar-refractivity contribution in [2.75, 3.05) is 0 Å². The number of nitrogens with zero attached hydrogens (tertiary/aromatic N) is 3. The maximum Gasteiger partial charge on any atom is 0.273 e. The van der Waals surface area contributed by atoms with Crippen LogP contribution < -0.4 is 5.14 Å². The third kappa shape index (κ3) is 2.54. The minimum Gasteiger partial charge on any atom is -0.304 e. The van der Waals surface area contributed by atoms with Crippen LogP contribution in [0.5, 0.6) is 0 Å². The highest BCUT2D eigenvalue weighted by atomic mass is 32.2. The zero-order chi connectivity index (χ0) is 11.6. The highest BCUT2D eigenvalue weighted by Gasteiger charge is 2.21. The molecule has 1 aromatic rings. The zero-order valence-electron chi connectivity index (χ0n) is 9.14. The lowest BCUT2D eigenvalue weighted by atomic mass is 10.1. The van der Waals surface area contributed by atoms with Gasteiger partial charge in [-0.25, -0.2) is 13.6 Å². The van der Waals surface area contributed by atoms with Crippen molar-refractivity contribution >= 4 is 10.0 Å². The Morgan fingerprint density at radius 2 is 2.07 bits per heavy atom. The molecular weight excluding hydrogens is 216 g/mol. The van der Waals surface area contributed by atoms with Crippen LogP contribution in [-0.4, -0.2) is 23.2 Å². The Morgan fingerprint density at radius 3 is 2.47 bits per heavy atom. The molecule has 0 aliphatic rings. The predicted molar refractivity (Wildman–Crippen MR) is 55.7 cm³/mol. The predicted octanol–water partition coefficient (Wildman–Crippen LogP) is 0.366. The summed E-state index contributed by atoms with van der Waals surface area (Å²) < 4.78 is 23.6. The van der Waals surface area contributed by atoms with E-state index in [1.807, 2.05) is 6.92 Å². The summed E-state index contributed by atoms with van der Waals surface area (Å²) in [5.41, 5.74) is 0. The lowest BCUT2D eigenvalue weighted by Crippen LogP contribution is -2.18. The molecule has 1 unspecified atom stereocenters. The number of hydrogen-bond acceptors (Lipinski definition) is 4. The van der Waals surface area contributed by atoms with Crippen molar-refractivity contribution in [1.82, 2.24) is 14.8 Å². The molecule has 0 spiro atoms. The fourth-order valence-electron chi connectivity index (χ4n) is 1.57. The standard InChI is InChI=1S/C8H16N4O2S/c1-4-5-6(2)7-10-11-8(12(7)3)15(9,13)14/h6H,4-5H2,1-3H3,(H2,9,13,14). The van der Waals surface area contributed by atoms with Gasteiger partial charge in [0.25, 0.3) is 15.2 Å². The van der Waals surface area contributed by atoms with E-state index < -0.39 is 10.0 Å². The molecule has 0 bridgehead atoms. The summed E-state index contributed by atoms with van der Waals surface area (Å²) >= 11 is 0. The molecule has 1 atom stereocenters. The van der Waals surface area contributed by atoms with Crippen LogP contribution in [0.3, 0.4) is 0 Å². The van der Waals surface area contributed by atoms with Crippen LogP contribution in [0.1, 0.15) is 38.4 Å². The highest BCUT2D eigenvalue weighted by Crippen LogP contribution is 2.19. The smallest absolute Gasteiger partial charge is 0.273 e. The number of hydrogen-bond donors (Lipinski definition) is 1. The summed E-state index contributed by atoms with van der Waals surface area (Å²) in [6, 6.07) is 0. The summed E-state index contributed by atoms with van der Waals surface area (Å²) in [5, 5.41) is 12.3. The van der Waals surface area contributed by atoms with Crippen molar-refractivity contribution in [3.63, 3.8) is 0 Å². The zero-order valence-corrected chi connectivity index (χ0v) is 9.95. The van der Waals surface area contributed by atoms with E-state index >= 15 is 0 Å². The van der Waals surface area contributed by atoms with Crippen LogP contribution in [-0.2, 0) is 17.1 Å². The highest BCUT2D eigenvalue weighted by molar-refractivity contribution is 7.89.